The van der Waals surface area contributed by atoms with Crippen LogP contribution in [0, 0.1) is 0 Å². The van der Waals surface area contributed by atoms with Crippen LogP contribution in [0.2, 0.25) is 0 Å². The predicted octanol–water partition coefficient (Wildman–Crippen LogP) is 1.28. The van der Waals surface area contributed by atoms with Gasteiger partial charge in [0, 0.05) is 13.6 Å². The van der Waals surface area contributed by atoms with E-state index in [9.17, 15) is 0 Å². The van der Waals surface area contributed by atoms with Gasteiger partial charge in [0.05, 0.1) is 17.3 Å². The fraction of sp³-hybridized carbons (Fsp3) is 0.200. The quantitative estimate of drug-likeness (QED) is 0.700. The molecule has 0 aliphatic carbocycles. The molecule has 0 spiro atoms. The average molecular weight is 218 g/mol. The van der Waals surface area contributed by atoms with E-state index in [0.717, 1.165) is 11.1 Å². The van der Waals surface area contributed by atoms with E-state index in [2.05, 4.69) is 10.3 Å². The van der Waals surface area contributed by atoms with Crippen molar-refractivity contribution < 1.29 is 8.94 Å². The molecule has 0 radical (unpaired) electrons. The Labute approximate surface area is 90.6 Å². The number of hydrogen-bond acceptors (Lipinski definition) is 5. The highest BCUT2D eigenvalue weighted by atomic mass is 16.5. The molecule has 6 nitrogen and oxygen atoms in total. The molecule has 0 amide bonds. The summed E-state index contributed by atoms with van der Waals surface area (Å²) in [5, 5.41) is 9.06. The van der Waals surface area contributed by atoms with Crippen LogP contribution in [-0.2, 0) is 13.6 Å². The predicted molar refractivity (Wildman–Crippen MR) is 56.4 cm³/mol. The van der Waals surface area contributed by atoms with Crippen LogP contribution in [0.4, 0.5) is 0 Å². The standard InChI is InChI=1S/C10H10N4O2/c1-14-10-8(6(5-11)12-14)9(13-16-10)7-3-2-4-15-7/h2-4H,5,11H2,1H3. The minimum atomic E-state index is 0.340. The zero-order valence-corrected chi connectivity index (χ0v) is 8.67. The Morgan fingerprint density at radius 1 is 1.50 bits per heavy atom. The molecule has 82 valence electrons. The fourth-order valence-electron chi connectivity index (χ4n) is 1.76. The Morgan fingerprint density at radius 2 is 2.38 bits per heavy atom. The maximum absolute atomic E-state index is 5.63. The lowest BCUT2D eigenvalue weighted by atomic mass is 10.2. The number of aromatic nitrogens is 3. The second-order valence-corrected chi connectivity index (χ2v) is 3.46. The molecule has 2 N–H and O–H groups in total. The van der Waals surface area contributed by atoms with Crippen molar-refractivity contribution in [2.24, 2.45) is 12.8 Å². The topological polar surface area (TPSA) is 83.0 Å². The molecule has 6 heteroatoms. The minimum absolute atomic E-state index is 0.340. The van der Waals surface area contributed by atoms with Crippen molar-refractivity contribution >= 4 is 11.1 Å². The number of rotatable bonds is 2. The van der Waals surface area contributed by atoms with Gasteiger partial charge >= 0.3 is 0 Å². The van der Waals surface area contributed by atoms with Crippen LogP contribution in [-0.4, -0.2) is 14.9 Å². The molecule has 0 saturated heterocycles. The first kappa shape index (κ1) is 9.17. The van der Waals surface area contributed by atoms with Gasteiger partial charge in [0.1, 0.15) is 0 Å². The van der Waals surface area contributed by atoms with Gasteiger partial charge in [0.25, 0.3) is 5.71 Å². The largest absolute Gasteiger partial charge is 0.463 e. The number of nitrogens with two attached hydrogens (primary N) is 1. The smallest absolute Gasteiger partial charge is 0.257 e. The molecule has 3 aromatic heterocycles. The Kier molecular flexibility index (Phi) is 1.84. The highest BCUT2D eigenvalue weighted by Crippen LogP contribution is 2.30. The summed E-state index contributed by atoms with van der Waals surface area (Å²) in [6, 6.07) is 3.62. The van der Waals surface area contributed by atoms with E-state index in [0.29, 0.717) is 23.7 Å². The van der Waals surface area contributed by atoms with Crippen LogP contribution >= 0.6 is 0 Å². The van der Waals surface area contributed by atoms with Crippen LogP contribution < -0.4 is 5.73 Å². The summed E-state index contributed by atoms with van der Waals surface area (Å²) in [4.78, 5) is 0. The Hall–Kier alpha value is -2.08. The van der Waals surface area contributed by atoms with Gasteiger partial charge in [-0.05, 0) is 12.1 Å². The first-order valence-corrected chi connectivity index (χ1v) is 4.86. The maximum Gasteiger partial charge on any atom is 0.257 e. The van der Waals surface area contributed by atoms with Crippen LogP contribution in [0.15, 0.2) is 27.3 Å². The second-order valence-electron chi connectivity index (χ2n) is 3.46. The van der Waals surface area contributed by atoms with Crippen molar-refractivity contribution in [3.05, 3.63) is 24.1 Å². The summed E-state index contributed by atoms with van der Waals surface area (Å²) in [5.74, 6) is 0.654. The van der Waals surface area contributed by atoms with Crippen molar-refractivity contribution in [3.63, 3.8) is 0 Å². The molecule has 0 fully saturated rings. The van der Waals surface area contributed by atoms with Gasteiger partial charge in [-0.2, -0.15) is 5.10 Å². The van der Waals surface area contributed by atoms with Crippen LogP contribution in [0.5, 0.6) is 0 Å². The summed E-state index contributed by atoms with van der Waals surface area (Å²) in [5.41, 5.74) is 7.64. The van der Waals surface area contributed by atoms with E-state index in [4.69, 9.17) is 14.7 Å². The van der Waals surface area contributed by atoms with Crippen molar-refractivity contribution in [1.29, 1.82) is 0 Å². The molecule has 0 bridgehead atoms. The number of hydrogen-bond donors (Lipinski definition) is 1. The number of aryl methyl sites for hydroxylation is 1. The molecule has 16 heavy (non-hydrogen) atoms. The van der Waals surface area contributed by atoms with Gasteiger partial charge in [-0.15, -0.1) is 0 Å². The Bertz CT molecular complexity index is 621. The van der Waals surface area contributed by atoms with Gasteiger partial charge in [0.15, 0.2) is 11.5 Å². The second kappa shape index (κ2) is 3.21. The molecule has 0 saturated carbocycles. The molecular weight excluding hydrogens is 208 g/mol. The van der Waals surface area contributed by atoms with Gasteiger partial charge in [-0.3, -0.25) is 0 Å². The zero-order valence-electron chi connectivity index (χ0n) is 8.67. The van der Waals surface area contributed by atoms with Crippen LogP contribution in [0.25, 0.3) is 22.6 Å². The highest BCUT2D eigenvalue weighted by molar-refractivity contribution is 5.90. The first-order valence-electron chi connectivity index (χ1n) is 4.86. The van der Waals surface area contributed by atoms with E-state index >= 15 is 0 Å². The van der Waals surface area contributed by atoms with E-state index in [1.165, 1.54) is 0 Å². The number of nitrogens with zero attached hydrogens (tertiary/aromatic N) is 3. The Morgan fingerprint density at radius 3 is 3.06 bits per heavy atom. The van der Waals surface area contributed by atoms with E-state index < -0.39 is 0 Å². The van der Waals surface area contributed by atoms with Crippen LogP contribution in [0.3, 0.4) is 0 Å². The summed E-state index contributed by atoms with van der Waals surface area (Å²) < 4.78 is 12.1. The van der Waals surface area contributed by atoms with Crippen LogP contribution in [0.1, 0.15) is 5.69 Å². The van der Waals surface area contributed by atoms with Gasteiger partial charge in [-0.25, -0.2) is 4.68 Å². The summed E-state index contributed by atoms with van der Waals surface area (Å²) in [7, 11) is 1.79. The molecule has 0 unspecified atom stereocenters. The summed E-state index contributed by atoms with van der Waals surface area (Å²) in [6.45, 7) is 0.340. The monoisotopic (exact) mass is 218 g/mol. The third kappa shape index (κ3) is 1.10. The molecule has 0 aliphatic rings. The summed E-state index contributed by atoms with van der Waals surface area (Å²) in [6.07, 6.45) is 1.59. The first-order chi connectivity index (χ1) is 7.81. The van der Waals surface area contributed by atoms with E-state index in [1.807, 2.05) is 6.07 Å². The third-order valence-electron chi connectivity index (χ3n) is 2.48. The van der Waals surface area contributed by atoms with Crippen molar-refractivity contribution in [3.8, 4) is 11.5 Å². The number of fused-ring (bicyclic) bond motifs is 1. The normalized spacial score (nSPS) is 11.4. The SMILES string of the molecule is Cn1nc(CN)c2c(-c3ccco3)noc21. The van der Waals surface area contributed by atoms with E-state index in [-0.39, 0.29) is 0 Å². The van der Waals surface area contributed by atoms with Gasteiger partial charge < -0.3 is 14.7 Å². The molecule has 3 rings (SSSR count). The zero-order chi connectivity index (χ0) is 11.1. The minimum Gasteiger partial charge on any atom is -0.463 e. The molecule has 3 aromatic rings. The highest BCUT2D eigenvalue weighted by Gasteiger charge is 2.20. The maximum atomic E-state index is 5.63. The molecular formula is C10H10N4O2. The Balaban J connectivity index is 2.34. The lowest BCUT2D eigenvalue weighted by Gasteiger charge is -1.90. The van der Waals surface area contributed by atoms with Gasteiger partial charge in [-0.1, -0.05) is 5.16 Å². The molecule has 0 aromatic carbocycles. The lowest BCUT2D eigenvalue weighted by Crippen LogP contribution is -1.99. The molecule has 3 heterocycles. The lowest BCUT2D eigenvalue weighted by molar-refractivity contribution is 0.431. The molecule has 0 aliphatic heterocycles. The number of furan rings is 1. The average Bonchev–Trinajstić information content (AvgIpc) is 2.95. The summed E-state index contributed by atoms with van der Waals surface area (Å²) >= 11 is 0. The molecule has 0 atom stereocenters. The third-order valence-corrected chi connectivity index (χ3v) is 2.48. The fourth-order valence-corrected chi connectivity index (χ4v) is 1.76. The van der Waals surface area contributed by atoms with Gasteiger partial charge in [0.2, 0.25) is 0 Å². The van der Waals surface area contributed by atoms with Crippen molar-refractivity contribution in [2.45, 2.75) is 6.54 Å². The van der Waals surface area contributed by atoms with Crippen molar-refractivity contribution in [1.82, 2.24) is 14.9 Å². The van der Waals surface area contributed by atoms with E-state index in [1.54, 1.807) is 24.1 Å². The van der Waals surface area contributed by atoms with Crippen molar-refractivity contribution in [2.75, 3.05) is 0 Å².